The van der Waals surface area contributed by atoms with Crippen molar-refractivity contribution in [3.63, 3.8) is 0 Å². The quantitative estimate of drug-likeness (QED) is 0.0174. The van der Waals surface area contributed by atoms with Gasteiger partial charge in [0.25, 0.3) is 0 Å². The number of anilines is 4. The fraction of sp³-hybridized carbons (Fsp3) is 0.351. The second-order valence-electron chi connectivity index (χ2n) is 37.5. The molecule has 18 rings (SSSR count). The van der Waals surface area contributed by atoms with Crippen LogP contribution in [0.1, 0.15) is 142 Å². The van der Waals surface area contributed by atoms with Crippen molar-refractivity contribution < 1.29 is 67.8 Å². The summed E-state index contributed by atoms with van der Waals surface area (Å²) in [5, 5.41) is 83.4. The third kappa shape index (κ3) is 26.3. The molecular weight excluding hydrogens is 1840 g/mol. The Balaban J connectivity index is 0.000000145. The number of aliphatic hydroxyl groups is 2. The molecule has 8 amide bonds. The number of urea groups is 4. The Bertz CT molecular complexity index is 6370. The van der Waals surface area contributed by atoms with E-state index in [1.165, 1.54) is 30.4 Å². The number of amides is 8. The zero-order valence-electron chi connectivity index (χ0n) is 83.6. The number of methoxy groups -OCH3 is 5. The lowest BCUT2D eigenvalue weighted by Gasteiger charge is -2.24. The molecule has 34 nitrogen and oxygen atoms in total. The molecule has 4 aliphatic rings. The second kappa shape index (κ2) is 49.7. The Kier molecular flexibility index (Phi) is 35.7. The lowest BCUT2D eigenvalue weighted by molar-refractivity contribution is 0.0599. The monoisotopic (exact) mass is 1970 g/mol. The molecule has 34 heteroatoms. The number of carbonyl (C=O) groups excluding carboxylic acids is 5. The number of aliphatic hydroxyl groups excluding tert-OH is 2. The van der Waals surface area contributed by atoms with Gasteiger partial charge < -0.3 is 60.3 Å². The van der Waals surface area contributed by atoms with Gasteiger partial charge in [0.05, 0.1) is 65.6 Å². The number of ether oxygens (including phenoxy) is 5. The lowest BCUT2D eigenvalue weighted by atomic mass is 9.91. The fourth-order valence-electron chi connectivity index (χ4n) is 20.5. The van der Waals surface area contributed by atoms with Crippen molar-refractivity contribution in [3.8, 4) is 56.4 Å². The highest BCUT2D eigenvalue weighted by Gasteiger charge is 2.46. The van der Waals surface area contributed by atoms with Crippen LogP contribution in [0, 0.1) is 37.5 Å². The van der Waals surface area contributed by atoms with Crippen LogP contribution in [0.2, 0.25) is 0 Å². The number of aromatic carboxylic acids is 1. The number of aromatic nitrogens is 12. The number of carboxylic acid groups (broad SMARTS) is 1. The summed E-state index contributed by atoms with van der Waals surface area (Å²) in [4.78, 5) is 75.6. The predicted octanol–water partition coefficient (Wildman–Crippen LogP) is 17.6. The van der Waals surface area contributed by atoms with Gasteiger partial charge in [0.1, 0.15) is 34.7 Å². The van der Waals surface area contributed by atoms with Crippen molar-refractivity contribution in [1.82, 2.24) is 80.0 Å². The van der Waals surface area contributed by atoms with Gasteiger partial charge in [0, 0.05) is 189 Å². The van der Waals surface area contributed by atoms with Crippen LogP contribution in [0.3, 0.4) is 0 Å². The van der Waals surface area contributed by atoms with Crippen molar-refractivity contribution in [1.29, 1.82) is 0 Å². The molecule has 0 unspecified atom stereocenters. The first-order valence-electron chi connectivity index (χ1n) is 49.0. The van der Waals surface area contributed by atoms with E-state index in [2.05, 4.69) is 87.2 Å². The van der Waals surface area contributed by atoms with Crippen LogP contribution < -0.4 is 42.5 Å². The van der Waals surface area contributed by atoms with Gasteiger partial charge in [-0.25, -0.2) is 38.1 Å². The predicted molar refractivity (Wildman–Crippen MR) is 557 cm³/mol. The number of esters is 1. The highest BCUT2D eigenvalue weighted by atomic mass is 16.5. The normalized spacial score (nSPS) is 20.3. The maximum absolute atomic E-state index is 13.5. The van der Waals surface area contributed by atoms with Gasteiger partial charge in [0.2, 0.25) is 0 Å². The number of carboxylic acids is 1. The summed E-state index contributed by atoms with van der Waals surface area (Å²) in [5.74, 6) is 2.08. The molecule has 4 saturated carbocycles. The number of hydrogen-bond acceptors (Lipinski definition) is 19. The van der Waals surface area contributed by atoms with Crippen LogP contribution in [0.4, 0.5) is 42.4 Å². The van der Waals surface area contributed by atoms with E-state index in [1.54, 1.807) is 113 Å². The van der Waals surface area contributed by atoms with Crippen LogP contribution in [-0.4, -0.2) is 208 Å². The Morgan fingerprint density at radius 1 is 0.372 bits per heavy atom. The number of benzene rings is 8. The molecule has 4 fully saturated rings. The van der Waals surface area contributed by atoms with Crippen molar-refractivity contribution in [2.24, 2.45) is 51.9 Å². The van der Waals surface area contributed by atoms with E-state index < -0.39 is 18.2 Å². The number of para-hydroxylation sites is 2. The largest absolute Gasteiger partial charge is 0.478 e. The zero-order chi connectivity index (χ0) is 102. The van der Waals surface area contributed by atoms with E-state index >= 15 is 0 Å². The van der Waals surface area contributed by atoms with Crippen molar-refractivity contribution in [2.75, 3.05) is 83.2 Å². The minimum Gasteiger partial charge on any atom is -0.478 e. The lowest BCUT2D eigenvalue weighted by Crippen LogP contribution is -2.41. The summed E-state index contributed by atoms with van der Waals surface area (Å²) < 4.78 is 36.0. The van der Waals surface area contributed by atoms with Gasteiger partial charge in [0.15, 0.2) is 0 Å². The number of rotatable bonds is 32. The molecule has 758 valence electrons. The second-order valence-corrected chi connectivity index (χ2v) is 37.5. The zero-order valence-corrected chi connectivity index (χ0v) is 83.6. The van der Waals surface area contributed by atoms with Crippen LogP contribution >= 0.6 is 0 Å². The topological polar surface area (TPSA) is 412 Å². The molecule has 0 spiro atoms. The standard InChI is InChI=1S/2C29H34N6O3.C27H32N4O4.C26H30N4O4/c2*1-19-26(22-17-30-34(2)18-22)33-35(23-12-8-5-9-13-23)28(19)32-29(37)31-24-16-21(14-15-38-3)27(36)25(24)20-10-6-4-7-11-20;1-31-25(17-23(30-31)20-9-11-21(12-10-20)26(32)35-3)29-27(33)28-24-16-18(13-14-34-2)15-22(24)19-7-5-4-6-8-19;1-30-24(16-22(29-30)19-8-10-20(11-9-19)25(31)32)28-26(33)27-23-15-17(12-13-34-2)14-21(23)18-6-4-3-5-7-18/h2*4-13,17-18,21,24-25,27,36H,14-16H2,1-3H3,(H2,31,32,37);4-12,17-18,22,24H,13-16H2,1-3H3,(H2,28,29,33);3-11,16-17,21,23H,12-15H2,1-2H3,(H,31,32)(H2,27,28,33)/t21-,24-,25+,27+;21-,24-,25+,27-;18-,22-,24+;17-,21-,23+/m1100/s1. The molecule has 4 aliphatic carbocycles. The van der Waals surface area contributed by atoms with Crippen LogP contribution in [0.15, 0.2) is 267 Å². The summed E-state index contributed by atoms with van der Waals surface area (Å²) >= 11 is 0. The van der Waals surface area contributed by atoms with Crippen molar-refractivity contribution in [2.45, 2.75) is 138 Å². The average molecular weight is 1970 g/mol. The maximum atomic E-state index is 13.5. The summed E-state index contributed by atoms with van der Waals surface area (Å²) in [6.07, 6.45) is 14.8. The molecule has 14 atom stereocenters. The summed E-state index contributed by atoms with van der Waals surface area (Å²) in [7, 11) is 15.4. The van der Waals surface area contributed by atoms with E-state index in [4.69, 9.17) is 39.0 Å². The highest BCUT2D eigenvalue weighted by Crippen LogP contribution is 2.46. The molecule has 0 radical (unpaired) electrons. The van der Waals surface area contributed by atoms with E-state index in [-0.39, 0.29) is 95.3 Å². The third-order valence-corrected chi connectivity index (χ3v) is 27.9. The first kappa shape index (κ1) is 104. The Morgan fingerprint density at radius 3 is 1.04 bits per heavy atom. The fourth-order valence-corrected chi connectivity index (χ4v) is 20.5. The van der Waals surface area contributed by atoms with Crippen LogP contribution in [0.25, 0.3) is 56.4 Å². The third-order valence-electron chi connectivity index (χ3n) is 27.9. The molecule has 0 bridgehead atoms. The van der Waals surface area contributed by atoms with Crippen molar-refractivity contribution in [3.05, 3.63) is 312 Å². The molecule has 145 heavy (non-hydrogen) atoms. The molecular formula is C111H130N20O14. The van der Waals surface area contributed by atoms with Gasteiger partial charge in [-0.15, -0.1) is 0 Å². The van der Waals surface area contributed by atoms with Gasteiger partial charge in [-0.1, -0.05) is 182 Å². The number of carbonyl (C=O) groups is 6. The summed E-state index contributed by atoms with van der Waals surface area (Å²) in [5.41, 5.74) is 14.7. The van der Waals surface area contributed by atoms with Gasteiger partial charge in [-0.2, -0.15) is 30.6 Å². The van der Waals surface area contributed by atoms with E-state index in [0.717, 1.165) is 132 Å². The average Bonchev–Trinajstić information content (AvgIpc) is 1.63. The SMILES string of the molecule is COCC[C@@H]1C[C@@H](NC(=O)Nc2c(C)c(-c3cnn(C)c3)nn2-c2ccccc2)[C@H](c2ccccc2)[C@@H]1O.COCC[C@@H]1C[C@@H](NC(=O)Nc2c(C)c(-c3cnn(C)c3)nn2-c2ccccc2)[C@H](c2ccccc2)[C@H]1O.COCC[C@@H]1C[C@@H](NC(=O)Nc2cc(-c3ccc(C(=O)O)cc3)nn2C)[C@H](c2ccccc2)C1.COCC[C@@H]1C[C@@H](NC(=O)Nc2cc(-c3ccc(C(=O)OC)cc3)nn2C)[C@H](c2ccccc2)C1. The van der Waals surface area contributed by atoms with Gasteiger partial charge >= 0.3 is 36.1 Å². The number of nitrogens with one attached hydrogen (secondary N) is 8. The Hall–Kier alpha value is -15.2. The first-order chi connectivity index (χ1) is 70.3. The number of hydrogen-bond donors (Lipinski definition) is 11. The molecule has 0 aliphatic heterocycles. The first-order valence-corrected chi connectivity index (χ1v) is 49.0. The molecule has 14 aromatic rings. The van der Waals surface area contributed by atoms with E-state index in [9.17, 15) is 39.0 Å². The summed E-state index contributed by atoms with van der Waals surface area (Å²) in [6.45, 7) is 6.46. The molecule has 0 saturated heterocycles. The minimum absolute atomic E-state index is 0.0271. The van der Waals surface area contributed by atoms with Gasteiger partial charge in [-0.05, 0) is 173 Å². The molecule has 6 heterocycles. The minimum atomic E-state index is -0.975. The van der Waals surface area contributed by atoms with Crippen LogP contribution in [-0.2, 0) is 51.9 Å². The maximum Gasteiger partial charge on any atom is 0.337 e. The van der Waals surface area contributed by atoms with E-state index in [0.29, 0.717) is 78.1 Å². The molecule has 8 aromatic carbocycles. The van der Waals surface area contributed by atoms with E-state index in [1.807, 2.05) is 216 Å². The Morgan fingerprint density at radius 2 is 0.703 bits per heavy atom. The van der Waals surface area contributed by atoms with Crippen molar-refractivity contribution >= 4 is 59.3 Å². The van der Waals surface area contributed by atoms with Crippen LogP contribution in [0.5, 0.6) is 0 Å². The molecule has 6 aromatic heterocycles. The highest BCUT2D eigenvalue weighted by molar-refractivity contribution is 5.94. The summed E-state index contributed by atoms with van der Waals surface area (Å²) in [6, 6.07) is 75.4. The Labute approximate surface area is 844 Å². The smallest absolute Gasteiger partial charge is 0.337 e. The number of aryl methyl sites for hydroxylation is 4. The van der Waals surface area contributed by atoms with Gasteiger partial charge in [-0.3, -0.25) is 40.0 Å². The number of nitrogens with zero attached hydrogens (tertiary/aromatic N) is 12. The molecule has 11 N–H and O–H groups in total.